The zero-order valence-electron chi connectivity index (χ0n) is 13.0. The lowest BCUT2D eigenvalue weighted by molar-refractivity contribution is -0.156. The summed E-state index contributed by atoms with van der Waals surface area (Å²) in [6, 6.07) is 5.70. The first-order valence-corrected chi connectivity index (χ1v) is 6.65. The summed E-state index contributed by atoms with van der Waals surface area (Å²) in [4.78, 5) is 23.6. The molecule has 0 saturated carbocycles. The smallest absolute Gasteiger partial charge is 0.328 e. The summed E-state index contributed by atoms with van der Waals surface area (Å²) in [5, 5.41) is 5.15. The highest BCUT2D eigenvalue weighted by molar-refractivity contribution is 5.92. The number of rotatable bonds is 4. The molecule has 0 fully saturated rings. The number of ether oxygens (including phenoxy) is 2. The molecule has 6 nitrogen and oxygen atoms in total. The summed E-state index contributed by atoms with van der Waals surface area (Å²) in [6.45, 7) is 6.88. The van der Waals surface area contributed by atoms with Gasteiger partial charge in [-0.25, -0.2) is 9.59 Å². The van der Waals surface area contributed by atoms with Crippen LogP contribution in [0.5, 0.6) is 5.75 Å². The number of carbonyl (C=O) groups excluding carboxylic acids is 2. The fraction of sp³-hybridized carbons (Fsp3) is 0.467. The van der Waals surface area contributed by atoms with Crippen molar-refractivity contribution in [1.82, 2.24) is 5.32 Å². The fourth-order valence-electron chi connectivity index (χ4n) is 1.51. The molecular formula is C15H22N2O4. The Balaban J connectivity index is 2.54. The van der Waals surface area contributed by atoms with E-state index in [-0.39, 0.29) is 0 Å². The number of carbonyl (C=O) groups is 2. The van der Waals surface area contributed by atoms with E-state index >= 15 is 0 Å². The van der Waals surface area contributed by atoms with Gasteiger partial charge in [0.2, 0.25) is 0 Å². The molecule has 1 aromatic rings. The summed E-state index contributed by atoms with van der Waals surface area (Å²) in [7, 11) is 1.55. The Morgan fingerprint density at radius 2 is 1.90 bits per heavy atom. The van der Waals surface area contributed by atoms with Crippen LogP contribution < -0.4 is 15.4 Å². The minimum Gasteiger partial charge on any atom is -0.497 e. The highest BCUT2D eigenvalue weighted by Gasteiger charge is 2.22. The van der Waals surface area contributed by atoms with Crippen LogP contribution in [0.2, 0.25) is 0 Å². The Kier molecular flexibility index (Phi) is 5.58. The largest absolute Gasteiger partial charge is 0.497 e. The van der Waals surface area contributed by atoms with Gasteiger partial charge in [0.25, 0.3) is 0 Å². The SMILES string of the molecule is COc1cccc(NC(=O)N[C@@H](C)C(=O)OC(C)(C)C)c1. The number of amides is 2. The second kappa shape index (κ2) is 6.97. The van der Waals surface area contributed by atoms with E-state index in [0.29, 0.717) is 11.4 Å². The van der Waals surface area contributed by atoms with Crippen LogP contribution in [0, 0.1) is 0 Å². The molecule has 0 saturated heterocycles. The van der Waals surface area contributed by atoms with Crippen molar-refractivity contribution in [2.24, 2.45) is 0 Å². The molecule has 0 aliphatic rings. The minimum absolute atomic E-state index is 0.483. The van der Waals surface area contributed by atoms with Crippen molar-refractivity contribution < 1.29 is 19.1 Å². The standard InChI is InChI=1S/C15H22N2O4/c1-10(13(18)21-15(2,3)4)16-14(19)17-11-7-6-8-12(9-11)20-5/h6-10H,1-5H3,(H2,16,17,19)/t10-/m0/s1. The van der Waals surface area contributed by atoms with Crippen LogP contribution in [-0.2, 0) is 9.53 Å². The third-order valence-corrected chi connectivity index (χ3v) is 2.44. The van der Waals surface area contributed by atoms with Crippen molar-refractivity contribution in [3.63, 3.8) is 0 Å². The maximum absolute atomic E-state index is 11.8. The van der Waals surface area contributed by atoms with E-state index in [0.717, 1.165) is 0 Å². The first kappa shape index (κ1) is 16.8. The molecule has 0 bridgehead atoms. The summed E-state index contributed by atoms with van der Waals surface area (Å²) < 4.78 is 10.3. The molecule has 1 atom stereocenters. The maximum Gasteiger partial charge on any atom is 0.328 e. The van der Waals surface area contributed by atoms with Crippen LogP contribution in [0.1, 0.15) is 27.7 Å². The van der Waals surface area contributed by atoms with E-state index in [4.69, 9.17) is 9.47 Å². The van der Waals surface area contributed by atoms with Gasteiger partial charge in [-0.05, 0) is 39.8 Å². The van der Waals surface area contributed by atoms with Gasteiger partial charge in [-0.2, -0.15) is 0 Å². The van der Waals surface area contributed by atoms with Crippen LogP contribution in [0.4, 0.5) is 10.5 Å². The maximum atomic E-state index is 11.8. The van der Waals surface area contributed by atoms with Crippen molar-refractivity contribution in [3.05, 3.63) is 24.3 Å². The van der Waals surface area contributed by atoms with Crippen LogP contribution >= 0.6 is 0 Å². The molecule has 21 heavy (non-hydrogen) atoms. The second-order valence-electron chi connectivity index (χ2n) is 5.59. The van der Waals surface area contributed by atoms with E-state index in [1.807, 2.05) is 0 Å². The molecule has 0 spiro atoms. The summed E-state index contributed by atoms with van der Waals surface area (Å²) in [6.07, 6.45) is 0. The third kappa shape index (κ3) is 6.16. The van der Waals surface area contributed by atoms with E-state index < -0.39 is 23.6 Å². The number of esters is 1. The minimum atomic E-state index is -0.741. The first-order valence-electron chi connectivity index (χ1n) is 6.65. The Bertz CT molecular complexity index is 509. The Morgan fingerprint density at radius 1 is 1.24 bits per heavy atom. The molecule has 2 N–H and O–H groups in total. The Labute approximate surface area is 124 Å². The van der Waals surface area contributed by atoms with Crippen LogP contribution in [0.3, 0.4) is 0 Å². The van der Waals surface area contributed by atoms with Gasteiger partial charge >= 0.3 is 12.0 Å². The van der Waals surface area contributed by atoms with Crippen LogP contribution in [0.15, 0.2) is 24.3 Å². The Hall–Kier alpha value is -2.24. The number of methoxy groups -OCH3 is 1. The third-order valence-electron chi connectivity index (χ3n) is 2.44. The molecule has 0 aromatic heterocycles. The van der Waals surface area contributed by atoms with E-state index in [1.54, 1.807) is 59.1 Å². The molecular weight excluding hydrogens is 272 g/mol. The lowest BCUT2D eigenvalue weighted by Crippen LogP contribution is -2.43. The Morgan fingerprint density at radius 3 is 2.48 bits per heavy atom. The average molecular weight is 294 g/mol. The summed E-state index contributed by atoms with van der Waals surface area (Å²) in [5.74, 6) is 0.149. The van der Waals surface area contributed by atoms with Gasteiger partial charge in [0, 0.05) is 11.8 Å². The van der Waals surface area contributed by atoms with E-state index in [9.17, 15) is 9.59 Å². The fourth-order valence-corrected chi connectivity index (χ4v) is 1.51. The van der Waals surface area contributed by atoms with Crippen molar-refractivity contribution in [1.29, 1.82) is 0 Å². The van der Waals surface area contributed by atoms with E-state index in [2.05, 4.69) is 10.6 Å². The molecule has 1 aromatic carbocycles. The van der Waals surface area contributed by atoms with Crippen molar-refractivity contribution in [2.45, 2.75) is 39.3 Å². The quantitative estimate of drug-likeness (QED) is 0.837. The highest BCUT2D eigenvalue weighted by atomic mass is 16.6. The lowest BCUT2D eigenvalue weighted by Gasteiger charge is -2.22. The van der Waals surface area contributed by atoms with Gasteiger partial charge in [-0.3, -0.25) is 0 Å². The number of anilines is 1. The van der Waals surface area contributed by atoms with Crippen molar-refractivity contribution >= 4 is 17.7 Å². The number of benzene rings is 1. The van der Waals surface area contributed by atoms with Crippen LogP contribution in [-0.4, -0.2) is 30.8 Å². The topological polar surface area (TPSA) is 76.7 Å². The molecule has 0 aliphatic heterocycles. The normalized spacial score (nSPS) is 12.2. The predicted molar refractivity (Wildman–Crippen MR) is 80.5 cm³/mol. The molecule has 1 rings (SSSR count). The van der Waals surface area contributed by atoms with Crippen LogP contribution in [0.25, 0.3) is 0 Å². The zero-order valence-corrected chi connectivity index (χ0v) is 13.0. The van der Waals surface area contributed by atoms with Gasteiger partial charge in [0.1, 0.15) is 17.4 Å². The highest BCUT2D eigenvalue weighted by Crippen LogP contribution is 2.16. The van der Waals surface area contributed by atoms with Gasteiger partial charge in [-0.15, -0.1) is 0 Å². The average Bonchev–Trinajstić information content (AvgIpc) is 2.36. The number of urea groups is 1. The molecule has 0 heterocycles. The summed E-state index contributed by atoms with van der Waals surface area (Å²) >= 11 is 0. The van der Waals surface area contributed by atoms with Gasteiger partial charge < -0.3 is 20.1 Å². The molecule has 6 heteroatoms. The summed E-state index contributed by atoms with van der Waals surface area (Å²) in [5.41, 5.74) is -0.0146. The predicted octanol–water partition coefficient (Wildman–Crippen LogP) is 2.55. The van der Waals surface area contributed by atoms with Gasteiger partial charge in [-0.1, -0.05) is 6.07 Å². The van der Waals surface area contributed by atoms with E-state index in [1.165, 1.54) is 0 Å². The zero-order chi connectivity index (χ0) is 16.0. The number of hydrogen-bond acceptors (Lipinski definition) is 4. The second-order valence-corrected chi connectivity index (χ2v) is 5.59. The monoisotopic (exact) mass is 294 g/mol. The molecule has 0 aliphatic carbocycles. The number of nitrogens with one attached hydrogen (secondary N) is 2. The molecule has 116 valence electrons. The first-order chi connectivity index (χ1) is 9.71. The molecule has 0 radical (unpaired) electrons. The van der Waals surface area contributed by atoms with Gasteiger partial charge in [0.05, 0.1) is 7.11 Å². The van der Waals surface area contributed by atoms with Crippen molar-refractivity contribution in [3.8, 4) is 5.75 Å². The van der Waals surface area contributed by atoms with Crippen molar-refractivity contribution in [2.75, 3.05) is 12.4 Å². The lowest BCUT2D eigenvalue weighted by atomic mass is 10.2. The molecule has 0 unspecified atom stereocenters. The number of hydrogen-bond donors (Lipinski definition) is 2. The van der Waals surface area contributed by atoms with Gasteiger partial charge in [0.15, 0.2) is 0 Å². The molecule has 2 amide bonds.